The van der Waals surface area contributed by atoms with Gasteiger partial charge in [-0.15, -0.1) is 0 Å². The summed E-state index contributed by atoms with van der Waals surface area (Å²) in [5.74, 6) is 1.04. The van der Waals surface area contributed by atoms with Crippen LogP contribution >= 0.6 is 0 Å². The predicted molar refractivity (Wildman–Crippen MR) is 101 cm³/mol. The molecule has 27 heavy (non-hydrogen) atoms. The van der Waals surface area contributed by atoms with Crippen molar-refractivity contribution in [2.75, 3.05) is 51.4 Å². The summed E-state index contributed by atoms with van der Waals surface area (Å²) in [6, 6.07) is 4.09. The van der Waals surface area contributed by atoms with Gasteiger partial charge in [0.1, 0.15) is 12.1 Å². The van der Waals surface area contributed by atoms with Gasteiger partial charge in [0.2, 0.25) is 0 Å². The van der Waals surface area contributed by atoms with Crippen molar-refractivity contribution in [3.8, 4) is 5.75 Å². The number of fused-ring (bicyclic) bond motifs is 1. The average molecular weight is 372 g/mol. The second kappa shape index (κ2) is 7.56. The molecule has 1 amide bonds. The van der Waals surface area contributed by atoms with Crippen molar-refractivity contribution in [3.05, 3.63) is 24.2 Å². The number of benzene rings is 1. The highest BCUT2D eigenvalue weighted by Gasteiger charge is 2.26. The first-order chi connectivity index (χ1) is 13.2. The topological polar surface area (TPSA) is 88.0 Å². The molecule has 0 aliphatic carbocycles. The number of nitrogens with zero attached hydrogens (tertiary/aromatic N) is 4. The van der Waals surface area contributed by atoms with E-state index < -0.39 is 6.09 Å². The first-order valence-corrected chi connectivity index (χ1v) is 9.30. The number of aromatic nitrogens is 2. The highest BCUT2D eigenvalue weighted by atomic mass is 16.5. The number of piperidine rings is 1. The maximum Gasteiger partial charge on any atom is 0.407 e. The molecule has 3 heterocycles. The normalized spacial score (nSPS) is 18.7. The van der Waals surface area contributed by atoms with Crippen molar-refractivity contribution in [2.24, 2.45) is 0 Å². The maximum atomic E-state index is 11.2. The molecule has 144 valence electrons. The SMILES string of the molecule is COc1cc2c(C3CCN(C(=O)O)CC3)ncnc2cc1N1CCOCC1. The fourth-order valence-corrected chi connectivity index (χ4v) is 3.98. The van der Waals surface area contributed by atoms with E-state index in [-0.39, 0.29) is 5.92 Å². The largest absolute Gasteiger partial charge is 0.495 e. The Morgan fingerprint density at radius 3 is 2.59 bits per heavy atom. The summed E-state index contributed by atoms with van der Waals surface area (Å²) in [7, 11) is 1.68. The molecular weight excluding hydrogens is 348 g/mol. The predicted octanol–water partition coefficient (Wildman–Crippen LogP) is 2.33. The van der Waals surface area contributed by atoms with Gasteiger partial charge in [-0.05, 0) is 25.0 Å². The van der Waals surface area contributed by atoms with Gasteiger partial charge in [0, 0.05) is 37.5 Å². The standard InChI is InChI=1S/C19H24N4O4/c1-26-17-10-14-15(11-16(17)22-6-8-27-9-7-22)20-12-21-18(14)13-2-4-23(5-3-13)19(24)25/h10-13H,2-9H2,1H3,(H,24,25). The number of morpholine rings is 1. The summed E-state index contributed by atoms with van der Waals surface area (Å²) in [4.78, 5) is 23.9. The van der Waals surface area contributed by atoms with Crippen LogP contribution in [-0.2, 0) is 4.74 Å². The third kappa shape index (κ3) is 3.49. The number of amides is 1. The van der Waals surface area contributed by atoms with Gasteiger partial charge in [0.25, 0.3) is 0 Å². The second-order valence-corrected chi connectivity index (χ2v) is 6.94. The molecule has 0 radical (unpaired) electrons. The summed E-state index contributed by atoms with van der Waals surface area (Å²) in [6.07, 6.45) is 2.30. The summed E-state index contributed by atoms with van der Waals surface area (Å²) in [5.41, 5.74) is 2.90. The van der Waals surface area contributed by atoms with E-state index in [9.17, 15) is 4.79 Å². The van der Waals surface area contributed by atoms with Gasteiger partial charge in [-0.25, -0.2) is 14.8 Å². The Morgan fingerprint density at radius 1 is 1.19 bits per heavy atom. The lowest BCUT2D eigenvalue weighted by Gasteiger charge is -2.31. The molecule has 0 bridgehead atoms. The molecule has 2 saturated heterocycles. The van der Waals surface area contributed by atoms with Crippen LogP contribution in [-0.4, -0.2) is 72.6 Å². The Hall–Kier alpha value is -2.61. The summed E-state index contributed by atoms with van der Waals surface area (Å²) < 4.78 is 11.1. The van der Waals surface area contributed by atoms with Crippen molar-refractivity contribution in [1.82, 2.24) is 14.9 Å². The molecule has 8 nitrogen and oxygen atoms in total. The number of methoxy groups -OCH3 is 1. The van der Waals surface area contributed by atoms with E-state index in [0.717, 1.165) is 54.0 Å². The first-order valence-electron chi connectivity index (χ1n) is 9.30. The molecule has 1 aromatic carbocycles. The molecule has 0 atom stereocenters. The first kappa shape index (κ1) is 17.8. The van der Waals surface area contributed by atoms with Gasteiger partial charge in [-0.2, -0.15) is 0 Å². The molecule has 0 spiro atoms. The van der Waals surface area contributed by atoms with Crippen molar-refractivity contribution < 1.29 is 19.4 Å². The van der Waals surface area contributed by atoms with Crippen molar-refractivity contribution in [3.63, 3.8) is 0 Å². The Kier molecular flexibility index (Phi) is 4.98. The van der Waals surface area contributed by atoms with Crippen molar-refractivity contribution >= 4 is 22.7 Å². The van der Waals surface area contributed by atoms with Gasteiger partial charge < -0.3 is 24.4 Å². The number of hydrogen-bond donors (Lipinski definition) is 1. The number of hydrogen-bond acceptors (Lipinski definition) is 6. The quantitative estimate of drug-likeness (QED) is 0.885. The van der Waals surface area contributed by atoms with E-state index in [1.807, 2.05) is 6.07 Å². The van der Waals surface area contributed by atoms with Crippen LogP contribution in [0.3, 0.4) is 0 Å². The zero-order chi connectivity index (χ0) is 18.8. The minimum absolute atomic E-state index is 0.227. The van der Waals surface area contributed by atoms with E-state index in [1.54, 1.807) is 13.4 Å². The Labute approximate surface area is 157 Å². The van der Waals surface area contributed by atoms with Crippen LogP contribution in [0.5, 0.6) is 5.75 Å². The molecule has 2 fully saturated rings. The third-order valence-corrected chi connectivity index (χ3v) is 5.47. The zero-order valence-corrected chi connectivity index (χ0v) is 15.4. The van der Waals surface area contributed by atoms with Crippen LogP contribution in [0.15, 0.2) is 18.5 Å². The van der Waals surface area contributed by atoms with E-state index in [2.05, 4.69) is 20.9 Å². The minimum atomic E-state index is -0.849. The molecule has 4 rings (SSSR count). The van der Waals surface area contributed by atoms with Crippen LogP contribution in [0.2, 0.25) is 0 Å². The summed E-state index contributed by atoms with van der Waals surface area (Å²) in [6.45, 7) is 4.14. The molecular formula is C19H24N4O4. The molecule has 2 aliphatic heterocycles. The van der Waals surface area contributed by atoms with E-state index in [1.165, 1.54) is 4.90 Å². The van der Waals surface area contributed by atoms with Gasteiger partial charge in [-0.1, -0.05) is 0 Å². The van der Waals surface area contributed by atoms with Gasteiger partial charge in [0.05, 0.1) is 37.2 Å². The van der Waals surface area contributed by atoms with Gasteiger partial charge >= 0.3 is 6.09 Å². The number of likely N-dealkylation sites (tertiary alicyclic amines) is 1. The zero-order valence-electron chi connectivity index (χ0n) is 15.4. The van der Waals surface area contributed by atoms with Crippen LogP contribution in [0.1, 0.15) is 24.5 Å². The van der Waals surface area contributed by atoms with Crippen LogP contribution in [0, 0.1) is 0 Å². The fraction of sp³-hybridized carbons (Fsp3) is 0.526. The minimum Gasteiger partial charge on any atom is -0.495 e. The Balaban J connectivity index is 1.68. The monoisotopic (exact) mass is 372 g/mol. The Bertz CT molecular complexity index is 830. The van der Waals surface area contributed by atoms with Gasteiger partial charge in [-0.3, -0.25) is 0 Å². The van der Waals surface area contributed by atoms with Crippen LogP contribution < -0.4 is 9.64 Å². The molecule has 2 aliphatic rings. The van der Waals surface area contributed by atoms with Crippen molar-refractivity contribution in [2.45, 2.75) is 18.8 Å². The summed E-state index contributed by atoms with van der Waals surface area (Å²) in [5, 5.41) is 10.1. The smallest absolute Gasteiger partial charge is 0.407 e. The van der Waals surface area contributed by atoms with E-state index >= 15 is 0 Å². The number of carbonyl (C=O) groups is 1. The summed E-state index contributed by atoms with van der Waals surface area (Å²) >= 11 is 0. The van der Waals surface area contributed by atoms with Crippen LogP contribution in [0.4, 0.5) is 10.5 Å². The molecule has 0 saturated carbocycles. The Morgan fingerprint density at radius 2 is 1.93 bits per heavy atom. The third-order valence-electron chi connectivity index (χ3n) is 5.47. The lowest BCUT2D eigenvalue weighted by Crippen LogP contribution is -2.37. The molecule has 1 N–H and O–H groups in total. The molecule has 2 aromatic rings. The van der Waals surface area contributed by atoms with E-state index in [4.69, 9.17) is 14.6 Å². The number of anilines is 1. The maximum absolute atomic E-state index is 11.2. The number of carboxylic acid groups (broad SMARTS) is 1. The van der Waals surface area contributed by atoms with Crippen molar-refractivity contribution in [1.29, 1.82) is 0 Å². The molecule has 1 aromatic heterocycles. The lowest BCUT2D eigenvalue weighted by atomic mass is 9.91. The highest BCUT2D eigenvalue weighted by molar-refractivity contribution is 5.88. The average Bonchev–Trinajstić information content (AvgIpc) is 2.73. The van der Waals surface area contributed by atoms with Crippen LogP contribution in [0.25, 0.3) is 10.9 Å². The second-order valence-electron chi connectivity index (χ2n) is 6.94. The highest BCUT2D eigenvalue weighted by Crippen LogP contribution is 2.37. The number of ether oxygens (including phenoxy) is 2. The molecule has 8 heteroatoms. The number of rotatable bonds is 3. The fourth-order valence-electron chi connectivity index (χ4n) is 3.98. The lowest BCUT2D eigenvalue weighted by molar-refractivity contribution is 0.122. The molecule has 0 unspecified atom stereocenters. The van der Waals surface area contributed by atoms with Gasteiger partial charge in [0.15, 0.2) is 0 Å². The van der Waals surface area contributed by atoms with E-state index in [0.29, 0.717) is 26.3 Å².